The summed E-state index contributed by atoms with van der Waals surface area (Å²) in [4.78, 5) is 10.4. The van der Waals surface area contributed by atoms with Crippen molar-refractivity contribution >= 4 is 35.5 Å². The van der Waals surface area contributed by atoms with Crippen LogP contribution >= 0.6 is 23.4 Å². The van der Waals surface area contributed by atoms with Crippen molar-refractivity contribution in [1.29, 1.82) is 0 Å². The summed E-state index contributed by atoms with van der Waals surface area (Å²) < 4.78 is 0. The molecule has 0 aliphatic heterocycles. The lowest BCUT2D eigenvalue weighted by Gasteiger charge is -2.20. The number of benzene rings is 2. The molecule has 2 aromatic rings. The molecule has 3 rings (SSSR count). The fourth-order valence-electron chi connectivity index (χ4n) is 2.57. The molecule has 1 aliphatic rings. The largest absolute Gasteiger partial charge is 0.314 e. The van der Waals surface area contributed by atoms with Crippen molar-refractivity contribution < 1.29 is 4.79 Å². The van der Waals surface area contributed by atoms with Crippen LogP contribution in [0.5, 0.6) is 0 Å². The van der Waals surface area contributed by atoms with E-state index in [9.17, 15) is 4.79 Å². The van der Waals surface area contributed by atoms with Gasteiger partial charge in [-0.05, 0) is 48.1 Å². The number of anilines is 1. The highest BCUT2D eigenvalue weighted by atomic mass is 35.5. The summed E-state index contributed by atoms with van der Waals surface area (Å²) in [7, 11) is 3.36. The lowest BCUT2D eigenvalue weighted by molar-refractivity contribution is -0.117. The molecule has 0 aromatic heterocycles. The minimum Gasteiger partial charge on any atom is -0.314 e. The Morgan fingerprint density at radius 3 is 1.94 bits per heavy atom. The van der Waals surface area contributed by atoms with Crippen molar-refractivity contribution in [2.24, 2.45) is 11.7 Å². The highest BCUT2D eigenvalue weighted by molar-refractivity contribution is 7.98. The zero-order valence-electron chi connectivity index (χ0n) is 21.1. The summed E-state index contributed by atoms with van der Waals surface area (Å²) in [5.41, 5.74) is 3.90. The Balaban J connectivity index is 0. The van der Waals surface area contributed by atoms with E-state index in [0.29, 0.717) is 12.3 Å². The van der Waals surface area contributed by atoms with Crippen molar-refractivity contribution in [1.82, 2.24) is 5.01 Å². The molecule has 0 atom stereocenters. The van der Waals surface area contributed by atoms with Crippen LogP contribution in [0.3, 0.4) is 0 Å². The SMILES string of the molecule is CC.CC.CC.CN(N)C=O.CN(N)c1cccc(C2CC2)c1CSc1ccccc1Cl. The lowest BCUT2D eigenvalue weighted by Crippen LogP contribution is -2.26. The summed E-state index contributed by atoms with van der Waals surface area (Å²) >= 11 is 8.03. The summed E-state index contributed by atoms with van der Waals surface area (Å²) in [6.45, 7) is 12.0. The van der Waals surface area contributed by atoms with Crippen molar-refractivity contribution in [3.05, 3.63) is 58.6 Å². The van der Waals surface area contributed by atoms with Gasteiger partial charge in [0.15, 0.2) is 0 Å². The molecule has 0 unspecified atom stereocenters. The van der Waals surface area contributed by atoms with E-state index in [4.69, 9.17) is 23.3 Å². The molecule has 0 bridgehead atoms. The van der Waals surface area contributed by atoms with E-state index < -0.39 is 0 Å². The third-order valence-electron chi connectivity index (χ3n) is 3.96. The molecule has 1 fully saturated rings. The number of rotatable bonds is 6. The second-order valence-corrected chi connectivity index (χ2v) is 7.64. The Kier molecular flexibility index (Phi) is 20.2. The zero-order valence-corrected chi connectivity index (χ0v) is 22.6. The average molecular weight is 483 g/mol. The number of thioether (sulfide) groups is 1. The number of halogens is 1. The molecule has 182 valence electrons. The second-order valence-electron chi connectivity index (χ2n) is 6.22. The van der Waals surface area contributed by atoms with Crippen molar-refractivity contribution in [3.63, 3.8) is 0 Å². The summed E-state index contributed by atoms with van der Waals surface area (Å²) in [5, 5.41) is 3.48. The third kappa shape index (κ3) is 12.3. The summed E-state index contributed by atoms with van der Waals surface area (Å²) in [5.74, 6) is 12.4. The van der Waals surface area contributed by atoms with Gasteiger partial charge < -0.3 is 5.01 Å². The van der Waals surface area contributed by atoms with Gasteiger partial charge in [-0.1, -0.05) is 77.4 Å². The Labute approximate surface area is 205 Å². The van der Waals surface area contributed by atoms with Gasteiger partial charge in [-0.3, -0.25) is 9.80 Å². The van der Waals surface area contributed by atoms with Crippen molar-refractivity contribution in [2.45, 2.75) is 71.0 Å². The van der Waals surface area contributed by atoms with E-state index in [0.717, 1.165) is 26.4 Å². The predicted octanol–water partition coefficient (Wildman–Crippen LogP) is 6.85. The average Bonchev–Trinajstić information content (AvgIpc) is 3.68. The number of nitrogens with two attached hydrogens (primary N) is 2. The first kappa shape index (κ1) is 32.4. The van der Waals surface area contributed by atoms with Gasteiger partial charge in [-0.15, -0.1) is 11.8 Å². The van der Waals surface area contributed by atoms with Crippen LogP contribution in [0.25, 0.3) is 0 Å². The van der Waals surface area contributed by atoms with Gasteiger partial charge in [-0.25, -0.2) is 11.7 Å². The number of carbonyl (C=O) groups is 1. The number of hydrogen-bond donors (Lipinski definition) is 2. The molecule has 0 saturated heterocycles. The molecule has 4 N–H and O–H groups in total. The second kappa shape index (κ2) is 19.9. The maximum Gasteiger partial charge on any atom is 0.223 e. The van der Waals surface area contributed by atoms with Crippen LogP contribution in [0.4, 0.5) is 5.69 Å². The lowest BCUT2D eigenvalue weighted by atomic mass is 10.0. The van der Waals surface area contributed by atoms with Gasteiger partial charge in [0.05, 0.1) is 10.7 Å². The molecule has 1 saturated carbocycles. The van der Waals surface area contributed by atoms with Crippen molar-refractivity contribution in [3.8, 4) is 0 Å². The van der Waals surface area contributed by atoms with Gasteiger partial charge in [0.25, 0.3) is 0 Å². The van der Waals surface area contributed by atoms with E-state index in [1.807, 2.05) is 66.8 Å². The maximum atomic E-state index is 9.31. The van der Waals surface area contributed by atoms with Crippen LogP contribution in [0.15, 0.2) is 47.4 Å². The normalized spacial score (nSPS) is 11.0. The van der Waals surface area contributed by atoms with Crippen LogP contribution in [-0.4, -0.2) is 25.5 Å². The number of amides is 1. The van der Waals surface area contributed by atoms with Crippen LogP contribution < -0.4 is 16.7 Å². The fraction of sp³-hybridized carbons (Fsp3) is 0.480. The van der Waals surface area contributed by atoms with Crippen LogP contribution in [0.2, 0.25) is 5.02 Å². The van der Waals surface area contributed by atoms with Crippen LogP contribution in [0, 0.1) is 0 Å². The van der Waals surface area contributed by atoms with E-state index in [2.05, 4.69) is 24.3 Å². The van der Waals surface area contributed by atoms with Gasteiger partial charge in [-0.2, -0.15) is 0 Å². The Hall–Kier alpha value is -1.73. The first-order chi connectivity index (χ1) is 15.4. The van der Waals surface area contributed by atoms with Crippen LogP contribution in [-0.2, 0) is 10.5 Å². The van der Waals surface area contributed by atoms with Crippen LogP contribution in [0.1, 0.15) is 71.4 Å². The van der Waals surface area contributed by atoms with Gasteiger partial charge >= 0.3 is 0 Å². The predicted molar refractivity (Wildman–Crippen MR) is 144 cm³/mol. The minimum atomic E-state index is 0.528. The molecule has 2 aromatic carbocycles. The number of nitrogens with zero attached hydrogens (tertiary/aromatic N) is 2. The molecule has 7 heteroatoms. The molecular formula is C25H43ClN4OS. The molecular weight excluding hydrogens is 440 g/mol. The molecule has 0 spiro atoms. The van der Waals surface area contributed by atoms with Gasteiger partial charge in [0, 0.05) is 24.7 Å². The molecule has 5 nitrogen and oxygen atoms in total. The first-order valence-corrected chi connectivity index (χ1v) is 12.7. The highest BCUT2D eigenvalue weighted by Gasteiger charge is 2.27. The number of hydrogen-bond acceptors (Lipinski definition) is 5. The number of hydrazine groups is 2. The van der Waals surface area contributed by atoms with Crippen molar-refractivity contribution in [2.75, 3.05) is 19.1 Å². The third-order valence-corrected chi connectivity index (χ3v) is 5.50. The molecule has 0 radical (unpaired) electrons. The highest BCUT2D eigenvalue weighted by Crippen LogP contribution is 2.45. The fourth-order valence-corrected chi connectivity index (χ4v) is 3.86. The maximum absolute atomic E-state index is 9.31. The molecule has 0 heterocycles. The zero-order chi connectivity index (χ0) is 25.1. The monoisotopic (exact) mass is 482 g/mol. The Morgan fingerprint density at radius 2 is 1.50 bits per heavy atom. The minimum absolute atomic E-state index is 0.528. The van der Waals surface area contributed by atoms with Gasteiger partial charge in [0.1, 0.15) is 0 Å². The summed E-state index contributed by atoms with van der Waals surface area (Å²) in [6.07, 6.45) is 3.11. The molecule has 1 amide bonds. The first-order valence-electron chi connectivity index (χ1n) is 11.3. The van der Waals surface area contributed by atoms with E-state index in [-0.39, 0.29) is 0 Å². The smallest absolute Gasteiger partial charge is 0.223 e. The van der Waals surface area contributed by atoms with E-state index >= 15 is 0 Å². The standard InChI is InChI=1S/C17H19ClN2S.C2H6N2O.3C2H6/c1-20(19)16-7-4-5-13(12-9-10-12)14(16)11-21-17-8-3-2-6-15(17)18;1-4(3)2-5;3*1-2/h2-8,12H,9-11,19H2,1H3;2H,3H2,1H3;3*1-2H3. The Morgan fingerprint density at radius 1 is 0.969 bits per heavy atom. The number of carbonyl (C=O) groups excluding carboxylic acids is 1. The van der Waals surface area contributed by atoms with Gasteiger partial charge in [0.2, 0.25) is 6.41 Å². The van der Waals surface area contributed by atoms with E-state index in [1.165, 1.54) is 31.0 Å². The quantitative estimate of drug-likeness (QED) is 0.155. The van der Waals surface area contributed by atoms with E-state index in [1.54, 1.807) is 16.8 Å². The molecule has 32 heavy (non-hydrogen) atoms. The topological polar surface area (TPSA) is 75.6 Å². The molecule has 1 aliphatic carbocycles. The summed E-state index contributed by atoms with van der Waals surface area (Å²) in [6, 6.07) is 14.4. The Bertz CT molecular complexity index is 717.